The SMILES string of the molecule is C=C1C2=C(CCc3sccc31)C1CC1C=C2. The Morgan fingerprint density at radius 3 is 3.19 bits per heavy atom. The van der Waals surface area contributed by atoms with Crippen molar-refractivity contribution in [3.8, 4) is 0 Å². The van der Waals surface area contributed by atoms with Gasteiger partial charge in [0.15, 0.2) is 0 Å². The van der Waals surface area contributed by atoms with E-state index in [1.54, 1.807) is 5.57 Å². The van der Waals surface area contributed by atoms with E-state index in [4.69, 9.17) is 0 Å². The van der Waals surface area contributed by atoms with Gasteiger partial charge in [-0.1, -0.05) is 24.3 Å². The van der Waals surface area contributed by atoms with E-state index in [1.165, 1.54) is 40.8 Å². The van der Waals surface area contributed by atoms with Gasteiger partial charge in [-0.2, -0.15) is 0 Å². The first-order valence-electron chi connectivity index (χ1n) is 6.02. The molecule has 0 spiro atoms. The number of aryl methyl sites for hydroxylation is 1. The Morgan fingerprint density at radius 1 is 1.31 bits per heavy atom. The molecule has 80 valence electrons. The van der Waals surface area contributed by atoms with E-state index in [1.807, 2.05) is 11.3 Å². The first-order chi connectivity index (χ1) is 7.84. The molecule has 1 saturated carbocycles. The molecule has 0 nitrogen and oxygen atoms in total. The summed E-state index contributed by atoms with van der Waals surface area (Å²) in [5, 5.41) is 2.20. The van der Waals surface area contributed by atoms with Gasteiger partial charge in [0.25, 0.3) is 0 Å². The zero-order valence-corrected chi connectivity index (χ0v) is 10.0. The molecule has 3 aliphatic rings. The third-order valence-electron chi connectivity index (χ3n) is 4.16. The smallest absolute Gasteiger partial charge is 0.0127 e. The van der Waals surface area contributed by atoms with E-state index >= 15 is 0 Å². The molecule has 1 fully saturated rings. The van der Waals surface area contributed by atoms with Gasteiger partial charge in [-0.25, -0.2) is 0 Å². The monoisotopic (exact) mass is 226 g/mol. The highest BCUT2D eigenvalue weighted by Crippen LogP contribution is 2.53. The van der Waals surface area contributed by atoms with Gasteiger partial charge >= 0.3 is 0 Å². The molecule has 0 amide bonds. The summed E-state index contributed by atoms with van der Waals surface area (Å²) in [5.74, 6) is 1.73. The minimum Gasteiger partial charge on any atom is -0.148 e. The van der Waals surface area contributed by atoms with E-state index in [2.05, 4.69) is 30.2 Å². The van der Waals surface area contributed by atoms with Crippen molar-refractivity contribution >= 4 is 16.9 Å². The number of fused-ring (bicyclic) bond motifs is 3. The molecule has 16 heavy (non-hydrogen) atoms. The average Bonchev–Trinajstić information content (AvgIpc) is 2.96. The summed E-state index contributed by atoms with van der Waals surface area (Å²) in [6.45, 7) is 4.32. The van der Waals surface area contributed by atoms with Gasteiger partial charge in [-0.15, -0.1) is 11.3 Å². The van der Waals surface area contributed by atoms with Crippen LogP contribution >= 0.6 is 11.3 Å². The molecule has 1 heteroatoms. The zero-order chi connectivity index (χ0) is 10.7. The van der Waals surface area contributed by atoms with Crippen LogP contribution in [0.2, 0.25) is 0 Å². The minimum atomic E-state index is 0.864. The number of thiophene rings is 1. The Morgan fingerprint density at radius 2 is 2.25 bits per heavy atom. The molecule has 0 N–H and O–H groups in total. The van der Waals surface area contributed by atoms with Crippen LogP contribution in [-0.2, 0) is 6.42 Å². The topological polar surface area (TPSA) is 0 Å². The van der Waals surface area contributed by atoms with Crippen molar-refractivity contribution in [3.63, 3.8) is 0 Å². The first kappa shape index (κ1) is 9.00. The summed E-state index contributed by atoms with van der Waals surface area (Å²) in [4.78, 5) is 1.53. The van der Waals surface area contributed by atoms with Crippen molar-refractivity contribution < 1.29 is 0 Å². The predicted octanol–water partition coefficient (Wildman–Crippen LogP) is 4.21. The Labute approximate surface area is 100.0 Å². The van der Waals surface area contributed by atoms with Crippen molar-refractivity contribution in [1.29, 1.82) is 0 Å². The molecular formula is C15H14S. The lowest BCUT2D eigenvalue weighted by Crippen LogP contribution is -1.98. The highest BCUT2D eigenvalue weighted by molar-refractivity contribution is 7.10. The van der Waals surface area contributed by atoms with Crippen molar-refractivity contribution in [1.82, 2.24) is 0 Å². The van der Waals surface area contributed by atoms with Gasteiger partial charge < -0.3 is 0 Å². The maximum Gasteiger partial charge on any atom is 0.0127 e. The van der Waals surface area contributed by atoms with Crippen LogP contribution in [0.25, 0.3) is 5.57 Å². The second-order valence-corrected chi connectivity index (χ2v) is 6.04. The normalized spacial score (nSPS) is 30.6. The fourth-order valence-corrected chi connectivity index (χ4v) is 4.07. The van der Waals surface area contributed by atoms with Crippen LogP contribution < -0.4 is 0 Å². The van der Waals surface area contributed by atoms with Crippen molar-refractivity contribution in [3.05, 3.63) is 51.8 Å². The molecule has 1 heterocycles. The van der Waals surface area contributed by atoms with E-state index in [0.717, 1.165) is 11.8 Å². The number of allylic oxidation sites excluding steroid dienone is 5. The second kappa shape index (κ2) is 2.98. The maximum absolute atomic E-state index is 4.32. The number of hydrogen-bond acceptors (Lipinski definition) is 1. The quantitative estimate of drug-likeness (QED) is 0.621. The summed E-state index contributed by atoms with van der Waals surface area (Å²) in [7, 11) is 0. The van der Waals surface area contributed by atoms with Crippen LogP contribution in [0.5, 0.6) is 0 Å². The van der Waals surface area contributed by atoms with Gasteiger partial charge in [0, 0.05) is 4.88 Å². The van der Waals surface area contributed by atoms with Crippen LogP contribution in [-0.4, -0.2) is 0 Å². The summed E-state index contributed by atoms with van der Waals surface area (Å²) < 4.78 is 0. The number of hydrogen-bond donors (Lipinski definition) is 0. The molecule has 2 atom stereocenters. The van der Waals surface area contributed by atoms with Gasteiger partial charge in [0.1, 0.15) is 0 Å². The molecule has 4 rings (SSSR count). The summed E-state index contributed by atoms with van der Waals surface area (Å²) in [6, 6.07) is 2.24. The van der Waals surface area contributed by atoms with Crippen LogP contribution in [0.1, 0.15) is 23.3 Å². The third-order valence-corrected chi connectivity index (χ3v) is 5.14. The summed E-state index contributed by atoms with van der Waals surface area (Å²) in [5.41, 5.74) is 5.82. The summed E-state index contributed by atoms with van der Waals surface area (Å²) in [6.07, 6.45) is 8.59. The Kier molecular flexibility index (Phi) is 1.68. The van der Waals surface area contributed by atoms with Crippen LogP contribution in [0.3, 0.4) is 0 Å². The van der Waals surface area contributed by atoms with Crippen molar-refractivity contribution in [2.45, 2.75) is 19.3 Å². The lowest BCUT2D eigenvalue weighted by Gasteiger charge is -2.14. The van der Waals surface area contributed by atoms with E-state index in [-0.39, 0.29) is 0 Å². The Bertz CT molecular complexity index is 542. The lowest BCUT2D eigenvalue weighted by atomic mass is 9.90. The van der Waals surface area contributed by atoms with Crippen LogP contribution in [0.4, 0.5) is 0 Å². The molecule has 3 aliphatic carbocycles. The zero-order valence-electron chi connectivity index (χ0n) is 9.20. The fourth-order valence-electron chi connectivity index (χ4n) is 3.17. The summed E-state index contributed by atoms with van der Waals surface area (Å²) >= 11 is 1.89. The minimum absolute atomic E-state index is 0.864. The molecule has 2 unspecified atom stereocenters. The van der Waals surface area contributed by atoms with Crippen LogP contribution in [0, 0.1) is 11.8 Å². The molecule has 0 aliphatic heterocycles. The van der Waals surface area contributed by atoms with Gasteiger partial charge in [-0.3, -0.25) is 0 Å². The van der Waals surface area contributed by atoms with Crippen LogP contribution in [0.15, 0.2) is 41.3 Å². The van der Waals surface area contributed by atoms with Crippen molar-refractivity contribution in [2.75, 3.05) is 0 Å². The average molecular weight is 226 g/mol. The fraction of sp³-hybridized carbons (Fsp3) is 0.333. The predicted molar refractivity (Wildman–Crippen MR) is 69.4 cm³/mol. The molecule has 1 aromatic rings. The van der Waals surface area contributed by atoms with Gasteiger partial charge in [0.05, 0.1) is 0 Å². The van der Waals surface area contributed by atoms with Gasteiger partial charge in [0.2, 0.25) is 0 Å². The van der Waals surface area contributed by atoms with E-state index < -0.39 is 0 Å². The van der Waals surface area contributed by atoms with Gasteiger partial charge in [-0.05, 0) is 59.3 Å². The molecule has 1 aromatic heterocycles. The molecule has 0 aromatic carbocycles. The highest BCUT2D eigenvalue weighted by Gasteiger charge is 2.41. The maximum atomic E-state index is 4.32. The molecule has 0 bridgehead atoms. The number of rotatable bonds is 0. The van der Waals surface area contributed by atoms with E-state index in [9.17, 15) is 0 Å². The largest absolute Gasteiger partial charge is 0.148 e. The Hall–Kier alpha value is -1.08. The highest BCUT2D eigenvalue weighted by atomic mass is 32.1. The first-order valence-corrected chi connectivity index (χ1v) is 6.90. The van der Waals surface area contributed by atoms with E-state index in [0.29, 0.717) is 0 Å². The van der Waals surface area contributed by atoms with Crippen molar-refractivity contribution in [2.24, 2.45) is 11.8 Å². The Balaban J connectivity index is 1.88. The standard InChI is InChI=1S/C15H14S/c1-9-11-3-2-10-8-14(10)13(11)4-5-15-12(9)6-7-16-15/h2-3,6-7,10,14H,1,4-5,8H2. The lowest BCUT2D eigenvalue weighted by molar-refractivity contribution is 0.808. The second-order valence-electron chi connectivity index (χ2n) is 5.04. The third kappa shape index (κ3) is 1.10. The molecule has 0 radical (unpaired) electrons. The molecular weight excluding hydrogens is 212 g/mol. The molecule has 0 saturated heterocycles.